The molecule has 0 radical (unpaired) electrons. The average molecular weight is 867 g/mol. The minimum atomic E-state index is -2.21. The number of Topliss-reactive ketones (excluding diaryl/α,β-unsaturated/α-hetero) is 1. The van der Waals surface area contributed by atoms with Crippen LogP contribution in [0, 0.1) is 17.8 Å². The Kier molecular flexibility index (Phi) is 23.9. The minimum absolute atomic E-state index is 0.00265. The summed E-state index contributed by atoms with van der Waals surface area (Å²) in [5.74, 6) is 0.799. The Morgan fingerprint density at radius 3 is 2.03 bits per heavy atom. The molecular formula is C51H86O7Si2. The van der Waals surface area contributed by atoms with E-state index < -0.39 is 22.2 Å². The maximum atomic E-state index is 14.4. The van der Waals surface area contributed by atoms with Crippen LogP contribution in [0.5, 0.6) is 5.75 Å². The predicted molar refractivity (Wildman–Crippen MR) is 259 cm³/mol. The van der Waals surface area contributed by atoms with Crippen LogP contribution >= 0.6 is 0 Å². The maximum absolute atomic E-state index is 14.4. The zero-order chi connectivity index (χ0) is 45.9. The highest BCUT2D eigenvalue weighted by Gasteiger charge is 2.42. The Hall–Kier alpha value is -2.83. The summed E-state index contributed by atoms with van der Waals surface area (Å²) in [5, 5.41) is 0.0692. The molecule has 0 unspecified atom stereocenters. The van der Waals surface area contributed by atoms with Crippen LogP contribution < -0.4 is 4.74 Å². The molecule has 0 bridgehead atoms. The molecule has 0 spiro atoms. The van der Waals surface area contributed by atoms with Gasteiger partial charge >= 0.3 is 5.97 Å². The number of hydrogen-bond donors (Lipinski definition) is 0. The molecule has 1 aromatic rings. The van der Waals surface area contributed by atoms with E-state index in [9.17, 15) is 9.59 Å². The van der Waals surface area contributed by atoms with Gasteiger partial charge in [-0.3, -0.25) is 4.79 Å². The van der Waals surface area contributed by atoms with E-state index in [2.05, 4.69) is 108 Å². The molecule has 0 aliphatic heterocycles. The van der Waals surface area contributed by atoms with Gasteiger partial charge < -0.3 is 23.1 Å². The molecule has 7 nitrogen and oxygen atoms in total. The molecule has 0 saturated carbocycles. The summed E-state index contributed by atoms with van der Waals surface area (Å²) in [6.07, 6.45) is 13.8. The summed E-state index contributed by atoms with van der Waals surface area (Å²) in [4.78, 5) is 27.9. The van der Waals surface area contributed by atoms with Crippen molar-refractivity contribution < 1.29 is 32.7 Å². The normalized spacial score (nSPS) is 16.6. The second kappa shape index (κ2) is 26.0. The van der Waals surface area contributed by atoms with Crippen LogP contribution in [0.1, 0.15) is 128 Å². The number of methoxy groups -OCH3 is 1. The Morgan fingerprint density at radius 1 is 0.933 bits per heavy atom. The van der Waals surface area contributed by atoms with Crippen molar-refractivity contribution in [2.45, 2.75) is 189 Å². The molecule has 60 heavy (non-hydrogen) atoms. The van der Waals surface area contributed by atoms with Gasteiger partial charge in [0.05, 0.1) is 25.9 Å². The molecule has 6 atom stereocenters. The maximum Gasteiger partial charge on any atom is 0.330 e. The lowest BCUT2D eigenvalue weighted by molar-refractivity contribution is -0.146. The van der Waals surface area contributed by atoms with Crippen LogP contribution in [0.15, 0.2) is 85.0 Å². The molecule has 9 heteroatoms. The number of rotatable bonds is 29. The van der Waals surface area contributed by atoms with Crippen LogP contribution in [0.2, 0.25) is 36.3 Å². The SMILES string of the molecule is C=CC[C@@H](CC(=C)CC(=O)[C@@](C)(/C=C/C[C@@H](C)[C@@H](CC(C)C)OC(=O)/C=C(\C)[C@@H](C)[C@H](/C=C/C)O[Si](C)(C)C(C)(C)C)O[Si](CC)(CC)CC)OCc1ccc(OC)cc1. The first kappa shape index (κ1) is 55.2. The Bertz CT molecular complexity index is 1560. The van der Waals surface area contributed by atoms with Crippen LogP contribution in [-0.4, -0.2) is 59.4 Å². The van der Waals surface area contributed by atoms with Gasteiger partial charge in [-0.15, -0.1) is 6.58 Å². The smallest absolute Gasteiger partial charge is 0.330 e. The first-order valence-electron chi connectivity index (χ1n) is 22.6. The average Bonchev–Trinajstić information content (AvgIpc) is 3.17. The third kappa shape index (κ3) is 18.3. The third-order valence-electron chi connectivity index (χ3n) is 12.6. The van der Waals surface area contributed by atoms with Gasteiger partial charge in [-0.05, 0) is 112 Å². The predicted octanol–water partition coefficient (Wildman–Crippen LogP) is 13.9. The first-order valence-corrected chi connectivity index (χ1v) is 28.0. The standard InChI is InChI=1S/C51H86O7Si2/c1-19-25-45(55-37-43-28-30-44(54-16)31-29-43)34-39(8)35-48(52)51(15,58-60(21-3,22-4)23-5)32-24-27-40(9)47(33-38(6)7)56-49(53)36-41(10)42(11)46(26-20-2)57-59(17,18)50(12,13)14/h19-20,24,26,28-32,36,38,40,42,45-47H,1,8,21-23,25,27,33-35,37H2,2-7,9-18H3/b26-20+,32-24+,41-36+/t40-,42-,45+,46+,47-,51-/m1/s1. The fourth-order valence-corrected chi connectivity index (χ4v) is 11.4. The molecule has 340 valence electrons. The van der Waals surface area contributed by atoms with Crippen molar-refractivity contribution in [1.82, 2.24) is 0 Å². The Labute approximate surface area is 369 Å². The molecule has 0 amide bonds. The van der Waals surface area contributed by atoms with Gasteiger partial charge in [-0.1, -0.05) is 129 Å². The lowest BCUT2D eigenvalue weighted by atomic mass is 9.90. The molecule has 1 aromatic carbocycles. The summed E-state index contributed by atoms with van der Waals surface area (Å²) < 4.78 is 31.7. The summed E-state index contributed by atoms with van der Waals surface area (Å²) in [6, 6.07) is 10.6. The molecule has 0 aromatic heterocycles. The molecule has 0 saturated heterocycles. The minimum Gasteiger partial charge on any atom is -0.497 e. The van der Waals surface area contributed by atoms with E-state index in [0.717, 1.165) is 47.0 Å². The highest BCUT2D eigenvalue weighted by Crippen LogP contribution is 2.39. The van der Waals surface area contributed by atoms with E-state index in [-0.39, 0.29) is 53.4 Å². The topological polar surface area (TPSA) is 80.3 Å². The van der Waals surface area contributed by atoms with Gasteiger partial charge in [-0.25, -0.2) is 4.79 Å². The lowest BCUT2D eigenvalue weighted by Crippen LogP contribution is -2.49. The Morgan fingerprint density at radius 2 is 1.53 bits per heavy atom. The van der Waals surface area contributed by atoms with Gasteiger partial charge in [0.25, 0.3) is 0 Å². The number of benzene rings is 1. The van der Waals surface area contributed by atoms with E-state index in [1.165, 1.54) is 0 Å². The largest absolute Gasteiger partial charge is 0.497 e. The lowest BCUT2D eigenvalue weighted by Gasteiger charge is -2.40. The fraction of sp³-hybridized carbons (Fsp3) is 0.647. The first-order chi connectivity index (χ1) is 27.9. The number of hydrogen-bond acceptors (Lipinski definition) is 7. The van der Waals surface area contributed by atoms with E-state index in [1.54, 1.807) is 13.2 Å². The third-order valence-corrected chi connectivity index (χ3v) is 21.8. The summed E-state index contributed by atoms with van der Waals surface area (Å²) in [6.45, 7) is 41.0. The van der Waals surface area contributed by atoms with Gasteiger partial charge in [0.15, 0.2) is 22.4 Å². The molecule has 0 fully saturated rings. The molecular weight excluding hydrogens is 781 g/mol. The monoisotopic (exact) mass is 867 g/mol. The number of carbonyl (C=O) groups excluding carboxylic acids is 2. The van der Waals surface area contributed by atoms with E-state index >= 15 is 0 Å². The van der Waals surface area contributed by atoms with Gasteiger partial charge in [0.2, 0.25) is 0 Å². The molecule has 0 heterocycles. The van der Waals surface area contributed by atoms with Crippen LogP contribution in [-0.2, 0) is 34.5 Å². The van der Waals surface area contributed by atoms with Crippen LogP contribution in [0.4, 0.5) is 0 Å². The molecule has 0 aliphatic rings. The van der Waals surface area contributed by atoms with E-state index in [4.69, 9.17) is 23.1 Å². The van der Waals surface area contributed by atoms with Crippen molar-refractivity contribution >= 4 is 28.4 Å². The number of esters is 1. The van der Waals surface area contributed by atoms with E-state index in [0.29, 0.717) is 31.8 Å². The summed E-state index contributed by atoms with van der Waals surface area (Å²) >= 11 is 0. The zero-order valence-corrected chi connectivity index (χ0v) is 42.9. The van der Waals surface area contributed by atoms with Crippen LogP contribution in [0.3, 0.4) is 0 Å². The van der Waals surface area contributed by atoms with Crippen molar-refractivity contribution in [3.63, 3.8) is 0 Å². The number of ether oxygens (including phenoxy) is 3. The molecule has 0 N–H and O–H groups in total. The number of ketones is 1. The van der Waals surface area contributed by atoms with Crippen molar-refractivity contribution in [2.24, 2.45) is 17.8 Å². The van der Waals surface area contributed by atoms with E-state index in [1.807, 2.05) is 63.3 Å². The van der Waals surface area contributed by atoms with Crippen molar-refractivity contribution in [2.75, 3.05) is 7.11 Å². The zero-order valence-electron chi connectivity index (χ0n) is 40.9. The second-order valence-corrected chi connectivity index (χ2v) is 28.5. The van der Waals surface area contributed by atoms with Crippen molar-refractivity contribution in [3.05, 3.63) is 90.6 Å². The molecule has 1 rings (SSSR count). The Balaban J connectivity index is 3.26. The fourth-order valence-electron chi connectivity index (χ4n) is 7.02. The van der Waals surface area contributed by atoms with Gasteiger partial charge in [-0.2, -0.15) is 0 Å². The van der Waals surface area contributed by atoms with Gasteiger partial charge in [0, 0.05) is 18.4 Å². The number of carbonyl (C=O) groups is 2. The highest BCUT2D eigenvalue weighted by molar-refractivity contribution is 6.74. The van der Waals surface area contributed by atoms with Crippen molar-refractivity contribution in [3.8, 4) is 5.75 Å². The number of allylic oxidation sites excluding steroid dienone is 2. The summed E-state index contributed by atoms with van der Waals surface area (Å²) in [5.41, 5.74) is 1.66. The second-order valence-electron chi connectivity index (χ2n) is 19.1. The van der Waals surface area contributed by atoms with Crippen molar-refractivity contribution in [1.29, 1.82) is 0 Å². The van der Waals surface area contributed by atoms with Crippen LogP contribution in [0.25, 0.3) is 0 Å². The van der Waals surface area contributed by atoms with Gasteiger partial charge in [0.1, 0.15) is 17.5 Å². The quantitative estimate of drug-likeness (QED) is 0.0343. The summed E-state index contributed by atoms with van der Waals surface area (Å²) in [7, 11) is -2.60. The highest BCUT2D eigenvalue weighted by atomic mass is 28.4. The molecule has 0 aliphatic carbocycles.